The van der Waals surface area contributed by atoms with Gasteiger partial charge in [-0.15, -0.1) is 0 Å². The van der Waals surface area contributed by atoms with Gasteiger partial charge in [-0.3, -0.25) is 4.90 Å². The molecule has 1 amide bonds. The molecule has 1 fully saturated rings. The minimum absolute atomic E-state index is 0.237. The highest BCUT2D eigenvalue weighted by atomic mass is 19.1. The maximum atomic E-state index is 14.2. The molecule has 0 aliphatic carbocycles. The van der Waals surface area contributed by atoms with Crippen LogP contribution >= 0.6 is 0 Å². The van der Waals surface area contributed by atoms with Gasteiger partial charge in [0.15, 0.2) is 5.82 Å². The van der Waals surface area contributed by atoms with E-state index in [2.05, 4.69) is 10.1 Å². The van der Waals surface area contributed by atoms with Crippen LogP contribution in [-0.4, -0.2) is 40.1 Å². The van der Waals surface area contributed by atoms with Crippen molar-refractivity contribution in [2.45, 2.75) is 13.0 Å². The molecule has 1 aromatic carbocycles. The second kappa shape index (κ2) is 5.13. The quantitative estimate of drug-likeness (QED) is 0.911. The van der Waals surface area contributed by atoms with Gasteiger partial charge in [0.1, 0.15) is 23.9 Å². The van der Waals surface area contributed by atoms with Gasteiger partial charge < -0.3 is 10.5 Å². The predicted molar refractivity (Wildman–Crippen MR) is 72.7 cm³/mol. The number of benzene rings is 1. The van der Waals surface area contributed by atoms with E-state index in [9.17, 15) is 9.18 Å². The largest absolute Gasteiger partial charge is 0.443 e. The third-order valence-corrected chi connectivity index (χ3v) is 3.23. The number of hydrogen-bond donors (Lipinski definition) is 1. The smallest absolute Gasteiger partial charge is 0.414 e. The zero-order valence-electron chi connectivity index (χ0n) is 11.4. The summed E-state index contributed by atoms with van der Waals surface area (Å²) in [6.45, 7) is 2.27. The minimum atomic E-state index is -0.519. The summed E-state index contributed by atoms with van der Waals surface area (Å²) in [4.78, 5) is 17.0. The van der Waals surface area contributed by atoms with Gasteiger partial charge in [-0.25, -0.2) is 18.9 Å². The molecule has 21 heavy (non-hydrogen) atoms. The average Bonchev–Trinajstić information content (AvgIpc) is 3.04. The molecule has 1 saturated heterocycles. The zero-order valence-corrected chi connectivity index (χ0v) is 11.4. The van der Waals surface area contributed by atoms with Gasteiger partial charge in [-0.05, 0) is 25.1 Å². The first-order valence-electron chi connectivity index (χ1n) is 6.45. The lowest BCUT2D eigenvalue weighted by Gasteiger charge is -2.14. The fourth-order valence-corrected chi connectivity index (χ4v) is 2.17. The van der Waals surface area contributed by atoms with Crippen LogP contribution in [0.15, 0.2) is 24.5 Å². The predicted octanol–water partition coefficient (Wildman–Crippen LogP) is 0.999. The van der Waals surface area contributed by atoms with Gasteiger partial charge in [0.25, 0.3) is 0 Å². The van der Waals surface area contributed by atoms with Crippen LogP contribution in [0.25, 0.3) is 5.69 Å². The summed E-state index contributed by atoms with van der Waals surface area (Å²) < 4.78 is 20.6. The summed E-state index contributed by atoms with van der Waals surface area (Å²) in [6.07, 6.45) is 0.550. The average molecular weight is 291 g/mol. The van der Waals surface area contributed by atoms with Gasteiger partial charge in [-0.1, -0.05) is 0 Å². The van der Waals surface area contributed by atoms with E-state index >= 15 is 0 Å². The third kappa shape index (κ3) is 2.45. The molecule has 0 unspecified atom stereocenters. The summed E-state index contributed by atoms with van der Waals surface area (Å²) in [7, 11) is 0. The van der Waals surface area contributed by atoms with E-state index in [1.807, 2.05) is 0 Å². The fraction of sp³-hybridized carbons (Fsp3) is 0.308. The molecule has 3 rings (SSSR count). The second-order valence-electron chi connectivity index (χ2n) is 4.72. The first kappa shape index (κ1) is 13.5. The van der Waals surface area contributed by atoms with Crippen LogP contribution in [-0.2, 0) is 4.74 Å². The van der Waals surface area contributed by atoms with Crippen molar-refractivity contribution in [2.24, 2.45) is 5.73 Å². The number of aromatic nitrogens is 3. The Morgan fingerprint density at radius 3 is 2.90 bits per heavy atom. The number of ether oxygens (including phenoxy) is 1. The molecule has 7 nitrogen and oxygen atoms in total. The fourth-order valence-electron chi connectivity index (χ4n) is 2.17. The Labute approximate surface area is 120 Å². The molecule has 2 aromatic rings. The van der Waals surface area contributed by atoms with Crippen molar-refractivity contribution in [1.82, 2.24) is 14.8 Å². The molecule has 2 N–H and O–H groups in total. The Bertz CT molecular complexity index is 687. The van der Waals surface area contributed by atoms with Crippen LogP contribution in [0, 0.1) is 12.7 Å². The number of carbonyl (C=O) groups excluding carboxylic acids is 1. The van der Waals surface area contributed by atoms with Crippen molar-refractivity contribution in [1.29, 1.82) is 0 Å². The molecule has 8 heteroatoms. The van der Waals surface area contributed by atoms with Crippen LogP contribution in [0.4, 0.5) is 14.9 Å². The number of hydrogen-bond acceptors (Lipinski definition) is 5. The third-order valence-electron chi connectivity index (χ3n) is 3.23. The maximum Gasteiger partial charge on any atom is 0.414 e. The standard InChI is InChI=1S/C13H14FN5O2/c1-8-16-7-19(17-8)12-3-2-9(4-11(12)14)18-6-10(5-15)21-13(18)20/h2-4,7,10H,5-6,15H2,1H3/t10-/m0/s1. The van der Waals surface area contributed by atoms with Gasteiger partial charge >= 0.3 is 6.09 Å². The lowest BCUT2D eigenvalue weighted by Crippen LogP contribution is -2.27. The molecule has 1 aromatic heterocycles. The molecule has 0 bridgehead atoms. The van der Waals surface area contributed by atoms with Crippen molar-refractivity contribution in [3.63, 3.8) is 0 Å². The number of aryl methyl sites for hydroxylation is 1. The van der Waals surface area contributed by atoms with Crippen LogP contribution in [0.1, 0.15) is 5.82 Å². The van der Waals surface area contributed by atoms with E-state index in [1.165, 1.54) is 22.0 Å². The number of nitrogens with two attached hydrogens (primary N) is 1. The van der Waals surface area contributed by atoms with Gasteiger partial charge in [0.2, 0.25) is 0 Å². The van der Waals surface area contributed by atoms with E-state index in [0.29, 0.717) is 18.1 Å². The lowest BCUT2D eigenvalue weighted by molar-refractivity contribution is 0.145. The molecule has 2 heterocycles. The summed E-state index contributed by atoms with van der Waals surface area (Å²) >= 11 is 0. The Morgan fingerprint density at radius 2 is 2.33 bits per heavy atom. The Hall–Kier alpha value is -2.48. The number of halogens is 1. The highest BCUT2D eigenvalue weighted by Gasteiger charge is 2.31. The number of anilines is 1. The van der Waals surface area contributed by atoms with E-state index in [4.69, 9.17) is 10.5 Å². The lowest BCUT2D eigenvalue weighted by atomic mass is 10.2. The molecular formula is C13H14FN5O2. The van der Waals surface area contributed by atoms with Crippen LogP contribution in [0.2, 0.25) is 0 Å². The molecule has 0 spiro atoms. The van der Waals surface area contributed by atoms with E-state index in [-0.39, 0.29) is 18.3 Å². The van der Waals surface area contributed by atoms with Crippen LogP contribution in [0.3, 0.4) is 0 Å². The molecule has 1 atom stereocenters. The normalized spacial score (nSPS) is 18.1. The second-order valence-corrected chi connectivity index (χ2v) is 4.72. The maximum absolute atomic E-state index is 14.2. The van der Waals surface area contributed by atoms with E-state index < -0.39 is 11.9 Å². The Kier molecular flexibility index (Phi) is 3.30. The first-order valence-corrected chi connectivity index (χ1v) is 6.45. The van der Waals surface area contributed by atoms with Crippen molar-refractivity contribution < 1.29 is 13.9 Å². The minimum Gasteiger partial charge on any atom is -0.443 e. The number of cyclic esters (lactones) is 1. The number of nitrogens with zero attached hydrogens (tertiary/aromatic N) is 4. The van der Waals surface area contributed by atoms with Crippen molar-refractivity contribution in [3.05, 3.63) is 36.2 Å². The summed E-state index contributed by atoms with van der Waals surface area (Å²) in [5.41, 5.74) is 6.16. The summed E-state index contributed by atoms with van der Waals surface area (Å²) in [5, 5.41) is 4.05. The summed E-state index contributed by atoms with van der Waals surface area (Å²) in [6, 6.07) is 4.45. The van der Waals surface area contributed by atoms with E-state index in [1.54, 1.807) is 19.1 Å². The molecule has 1 aliphatic rings. The monoisotopic (exact) mass is 291 g/mol. The van der Waals surface area contributed by atoms with E-state index in [0.717, 1.165) is 0 Å². The van der Waals surface area contributed by atoms with Crippen LogP contribution in [0.5, 0.6) is 0 Å². The Balaban J connectivity index is 1.90. The highest BCUT2D eigenvalue weighted by Crippen LogP contribution is 2.25. The first-order chi connectivity index (χ1) is 10.1. The topological polar surface area (TPSA) is 86.3 Å². The molecule has 110 valence electrons. The highest BCUT2D eigenvalue weighted by molar-refractivity contribution is 5.89. The SMILES string of the molecule is Cc1ncn(-c2ccc(N3C[C@H](CN)OC3=O)cc2F)n1. The number of carbonyl (C=O) groups is 1. The van der Waals surface area contributed by atoms with Gasteiger partial charge in [-0.2, -0.15) is 5.10 Å². The van der Waals surface area contributed by atoms with Gasteiger partial charge in [0.05, 0.1) is 12.2 Å². The molecule has 0 radical (unpaired) electrons. The van der Waals surface area contributed by atoms with Crippen molar-refractivity contribution in [2.75, 3.05) is 18.0 Å². The molecular weight excluding hydrogens is 277 g/mol. The van der Waals surface area contributed by atoms with Crippen LogP contribution < -0.4 is 10.6 Å². The van der Waals surface area contributed by atoms with Crippen molar-refractivity contribution >= 4 is 11.8 Å². The Morgan fingerprint density at radius 1 is 1.52 bits per heavy atom. The number of rotatable bonds is 3. The molecule has 0 saturated carbocycles. The zero-order chi connectivity index (χ0) is 15.0. The van der Waals surface area contributed by atoms with Gasteiger partial charge in [0, 0.05) is 6.54 Å². The number of amides is 1. The van der Waals surface area contributed by atoms with Crippen molar-refractivity contribution in [3.8, 4) is 5.69 Å². The summed E-state index contributed by atoms with van der Waals surface area (Å²) in [5.74, 6) is 0.0498. The molecule has 1 aliphatic heterocycles.